The van der Waals surface area contributed by atoms with Crippen LogP contribution in [0.2, 0.25) is 0 Å². The highest BCUT2D eigenvalue weighted by atomic mass is 35.5. The Balaban J connectivity index is 1.70. The van der Waals surface area contributed by atoms with Crippen LogP contribution in [-0.2, 0) is 11.2 Å². The van der Waals surface area contributed by atoms with Gasteiger partial charge >= 0.3 is 0 Å². The Kier molecular flexibility index (Phi) is 8.40. The average molecular weight is 538 g/mol. The second-order valence-corrected chi connectivity index (χ2v) is 8.62. The van der Waals surface area contributed by atoms with E-state index < -0.39 is 11.9 Å². The number of anilines is 1. The Labute approximate surface area is 225 Å². The lowest BCUT2D eigenvalue weighted by molar-refractivity contribution is -0.118. The molecule has 1 unspecified atom stereocenters. The zero-order valence-electron chi connectivity index (χ0n) is 21.4. The van der Waals surface area contributed by atoms with Gasteiger partial charge in [0.25, 0.3) is 5.91 Å². The topological polar surface area (TPSA) is 109 Å². The van der Waals surface area contributed by atoms with Crippen molar-refractivity contribution in [3.05, 3.63) is 72.4 Å². The van der Waals surface area contributed by atoms with Gasteiger partial charge in [0.1, 0.15) is 11.4 Å². The van der Waals surface area contributed by atoms with E-state index in [1.165, 1.54) is 28.4 Å². The van der Waals surface area contributed by atoms with Crippen molar-refractivity contribution in [3.63, 3.8) is 0 Å². The lowest BCUT2D eigenvalue weighted by atomic mass is 10.0. The van der Waals surface area contributed by atoms with Crippen LogP contribution in [0.15, 0.2) is 71.4 Å². The number of nitrogens with zero attached hydrogens (tertiary/aromatic N) is 2. The molecular weight excluding hydrogens is 510 g/mol. The molecule has 0 fully saturated rings. The predicted molar refractivity (Wildman–Crippen MR) is 145 cm³/mol. The third kappa shape index (κ3) is 5.39. The summed E-state index contributed by atoms with van der Waals surface area (Å²) in [5.74, 6) is 1.76. The molecular formula is C28H28ClN3O6. The first-order valence-electron chi connectivity index (χ1n) is 11.6. The molecule has 4 aromatic rings. The summed E-state index contributed by atoms with van der Waals surface area (Å²) in [6.07, 6.45) is 1.91. The fourth-order valence-electron chi connectivity index (χ4n) is 4.10. The SMILES string of the molecule is COc1ccc(-c2cnoc2-c2cc(OC)c(OC)c(OC)c2)cc1N(Cl)C(=O)C(N)Cc1ccccc1. The Morgan fingerprint density at radius 2 is 1.58 bits per heavy atom. The van der Waals surface area contributed by atoms with Crippen LogP contribution in [0.5, 0.6) is 23.0 Å². The van der Waals surface area contributed by atoms with Crippen molar-refractivity contribution >= 4 is 23.4 Å². The Bertz CT molecular complexity index is 1380. The molecule has 9 nitrogen and oxygen atoms in total. The van der Waals surface area contributed by atoms with Crippen molar-refractivity contribution in [2.24, 2.45) is 5.73 Å². The van der Waals surface area contributed by atoms with E-state index in [1.54, 1.807) is 30.5 Å². The number of benzene rings is 3. The summed E-state index contributed by atoms with van der Waals surface area (Å²) >= 11 is 6.54. The third-order valence-corrected chi connectivity index (χ3v) is 6.36. The van der Waals surface area contributed by atoms with Gasteiger partial charge in [0.15, 0.2) is 17.3 Å². The summed E-state index contributed by atoms with van der Waals surface area (Å²) in [7, 11) is 6.10. The fourth-order valence-corrected chi connectivity index (χ4v) is 4.35. The Morgan fingerprint density at radius 1 is 0.921 bits per heavy atom. The van der Waals surface area contributed by atoms with Crippen molar-refractivity contribution in [1.29, 1.82) is 0 Å². The molecule has 1 aromatic heterocycles. The molecule has 10 heteroatoms. The normalized spacial score (nSPS) is 11.5. The molecule has 0 radical (unpaired) electrons. The predicted octanol–water partition coefficient (Wildman–Crippen LogP) is 5.10. The highest BCUT2D eigenvalue weighted by Gasteiger charge is 2.26. The number of rotatable bonds is 10. The number of halogens is 1. The zero-order chi connectivity index (χ0) is 27.2. The lowest BCUT2D eigenvalue weighted by Gasteiger charge is -2.21. The zero-order valence-corrected chi connectivity index (χ0v) is 22.2. The van der Waals surface area contributed by atoms with E-state index in [9.17, 15) is 4.79 Å². The summed E-state index contributed by atoms with van der Waals surface area (Å²) in [6.45, 7) is 0. The Hall–Kier alpha value is -4.21. The van der Waals surface area contributed by atoms with Crippen LogP contribution in [0.25, 0.3) is 22.5 Å². The van der Waals surface area contributed by atoms with Crippen LogP contribution in [0.1, 0.15) is 5.56 Å². The highest BCUT2D eigenvalue weighted by molar-refractivity contribution is 6.37. The van der Waals surface area contributed by atoms with Gasteiger partial charge in [0.2, 0.25) is 5.75 Å². The molecule has 38 heavy (non-hydrogen) atoms. The van der Waals surface area contributed by atoms with E-state index in [4.69, 9.17) is 41.0 Å². The first-order chi connectivity index (χ1) is 18.4. The van der Waals surface area contributed by atoms with E-state index >= 15 is 0 Å². The first-order valence-corrected chi connectivity index (χ1v) is 12.0. The minimum atomic E-state index is -0.853. The van der Waals surface area contributed by atoms with Crippen molar-refractivity contribution in [2.75, 3.05) is 32.9 Å². The van der Waals surface area contributed by atoms with Gasteiger partial charge in [-0.3, -0.25) is 4.79 Å². The molecule has 0 aliphatic rings. The molecule has 2 N–H and O–H groups in total. The second kappa shape index (κ2) is 11.9. The standard InChI is InChI=1S/C28H28ClN3O6/c1-34-23-11-10-18(13-22(23)32(29)28(33)21(30)12-17-8-6-5-7-9-17)20-16-31-38-26(20)19-14-24(35-2)27(37-4)25(15-19)36-3/h5-11,13-16,21H,12,30H2,1-4H3. The van der Waals surface area contributed by atoms with Gasteiger partial charge in [-0.1, -0.05) is 41.6 Å². The van der Waals surface area contributed by atoms with E-state index in [0.29, 0.717) is 57.6 Å². The molecule has 1 heterocycles. The van der Waals surface area contributed by atoms with Gasteiger partial charge in [-0.25, -0.2) is 4.42 Å². The maximum atomic E-state index is 13.1. The molecule has 0 saturated carbocycles. The van der Waals surface area contributed by atoms with Crippen molar-refractivity contribution in [3.8, 4) is 45.4 Å². The molecule has 0 spiro atoms. The lowest BCUT2D eigenvalue weighted by Crippen LogP contribution is -2.41. The van der Waals surface area contributed by atoms with Crippen LogP contribution < -0.4 is 29.1 Å². The summed E-state index contributed by atoms with van der Waals surface area (Å²) < 4.78 is 28.5. The van der Waals surface area contributed by atoms with Crippen LogP contribution in [-0.4, -0.2) is 45.5 Å². The van der Waals surface area contributed by atoms with Gasteiger partial charge in [-0.2, -0.15) is 0 Å². The largest absolute Gasteiger partial charge is 0.495 e. The van der Waals surface area contributed by atoms with Crippen LogP contribution in [0.3, 0.4) is 0 Å². The van der Waals surface area contributed by atoms with Crippen LogP contribution in [0.4, 0.5) is 5.69 Å². The summed E-state index contributed by atoms with van der Waals surface area (Å²) in [5.41, 5.74) is 9.45. The maximum absolute atomic E-state index is 13.1. The van der Waals surface area contributed by atoms with Gasteiger partial charge in [0.05, 0.1) is 40.7 Å². The van der Waals surface area contributed by atoms with Gasteiger partial charge in [0, 0.05) is 22.9 Å². The first kappa shape index (κ1) is 26.8. The number of methoxy groups -OCH3 is 4. The molecule has 1 amide bonds. The molecule has 4 rings (SSSR count). The van der Waals surface area contributed by atoms with Gasteiger partial charge in [-0.15, -0.1) is 0 Å². The summed E-state index contributed by atoms with van der Waals surface area (Å²) in [4.78, 5) is 13.1. The minimum Gasteiger partial charge on any atom is -0.495 e. The second-order valence-electron chi connectivity index (χ2n) is 8.28. The number of hydrogen-bond donors (Lipinski definition) is 1. The quantitative estimate of drug-likeness (QED) is 0.278. The van der Waals surface area contributed by atoms with Crippen molar-refractivity contribution in [1.82, 2.24) is 5.16 Å². The highest BCUT2D eigenvalue weighted by Crippen LogP contribution is 2.44. The number of amides is 1. The van der Waals surface area contributed by atoms with Gasteiger partial charge < -0.3 is 29.2 Å². The van der Waals surface area contributed by atoms with Crippen molar-refractivity contribution in [2.45, 2.75) is 12.5 Å². The number of ether oxygens (including phenoxy) is 4. The smallest absolute Gasteiger partial charge is 0.258 e. The fraction of sp³-hybridized carbons (Fsp3) is 0.214. The maximum Gasteiger partial charge on any atom is 0.258 e. The molecule has 0 aliphatic heterocycles. The van der Waals surface area contributed by atoms with E-state index in [-0.39, 0.29) is 0 Å². The molecule has 0 bridgehead atoms. The molecule has 3 aromatic carbocycles. The number of hydrogen-bond acceptors (Lipinski definition) is 8. The van der Waals surface area contributed by atoms with Crippen LogP contribution >= 0.6 is 11.8 Å². The molecule has 1 atom stereocenters. The monoisotopic (exact) mass is 537 g/mol. The molecule has 0 aliphatic carbocycles. The number of carbonyl (C=O) groups excluding carboxylic acids is 1. The molecule has 198 valence electrons. The minimum absolute atomic E-state index is 0.331. The number of nitrogens with two attached hydrogens (primary N) is 1. The van der Waals surface area contributed by atoms with E-state index in [0.717, 1.165) is 9.98 Å². The Morgan fingerprint density at radius 3 is 2.18 bits per heavy atom. The van der Waals surface area contributed by atoms with Crippen molar-refractivity contribution < 1.29 is 28.3 Å². The average Bonchev–Trinajstić information content (AvgIpc) is 3.45. The summed E-state index contributed by atoms with van der Waals surface area (Å²) in [6, 6.07) is 17.4. The van der Waals surface area contributed by atoms with E-state index in [2.05, 4.69) is 5.16 Å². The summed E-state index contributed by atoms with van der Waals surface area (Å²) in [5, 5.41) is 4.00. The van der Waals surface area contributed by atoms with Crippen LogP contribution in [0, 0.1) is 0 Å². The third-order valence-electron chi connectivity index (χ3n) is 6.01. The van der Waals surface area contributed by atoms with Gasteiger partial charge in [-0.05, 0) is 41.8 Å². The number of aromatic nitrogens is 1. The number of carbonyl (C=O) groups is 1. The molecule has 0 saturated heterocycles. The van der Waals surface area contributed by atoms with E-state index in [1.807, 2.05) is 36.4 Å².